The zero-order valence-electron chi connectivity index (χ0n) is 22.8. The van der Waals surface area contributed by atoms with E-state index in [1.807, 2.05) is 68.4 Å². The second-order valence-electron chi connectivity index (χ2n) is 10.2. The average Bonchev–Trinajstić information content (AvgIpc) is 2.87. The Kier molecular flexibility index (Phi) is 9.26. The van der Waals surface area contributed by atoms with Crippen LogP contribution in [0.25, 0.3) is 15.7 Å². The molecule has 0 unspecified atom stereocenters. The lowest BCUT2D eigenvalue weighted by molar-refractivity contribution is 0.462. The number of rotatable bonds is 6. The van der Waals surface area contributed by atoms with Gasteiger partial charge in [-0.3, -0.25) is 0 Å². The fourth-order valence-corrected chi connectivity index (χ4v) is 5.92. The molecule has 0 spiro atoms. The lowest BCUT2D eigenvalue weighted by atomic mass is 9.80. The standard InChI is InChI=1S/C19H26O3S.C12H10N3/c1-11(2)16-14-9-7-8-10-15(14)19(23(20,21)22)18(13(5)6)17(16)12(3)4;13-15-12-8-6-11(7-9-12)14-10-4-2-1-3-5-10/h7-13H,1-6H3,(H,20,21,22);1-9,14H/q;+1/p-1. The van der Waals surface area contributed by atoms with Crippen LogP contribution >= 0.6 is 0 Å². The topological polar surface area (TPSA) is 97.4 Å². The van der Waals surface area contributed by atoms with Crippen molar-refractivity contribution in [1.82, 2.24) is 0 Å². The summed E-state index contributed by atoms with van der Waals surface area (Å²) in [6.07, 6.45) is 0. The van der Waals surface area contributed by atoms with Crippen molar-refractivity contribution >= 4 is 38.0 Å². The maximum atomic E-state index is 12.1. The zero-order chi connectivity index (χ0) is 28.0. The van der Waals surface area contributed by atoms with E-state index in [4.69, 9.17) is 5.39 Å². The Balaban J connectivity index is 0.000000230. The summed E-state index contributed by atoms with van der Waals surface area (Å²) in [6.45, 7) is 12.3. The Labute approximate surface area is 226 Å². The molecule has 0 atom stereocenters. The molecule has 4 rings (SSSR count). The van der Waals surface area contributed by atoms with Gasteiger partial charge in [0.2, 0.25) is 5.39 Å². The quantitative estimate of drug-likeness (QED) is 0.198. The van der Waals surface area contributed by atoms with Crippen molar-refractivity contribution < 1.29 is 13.0 Å². The Morgan fingerprint density at radius 3 is 1.61 bits per heavy atom. The lowest BCUT2D eigenvalue weighted by Crippen LogP contribution is -2.14. The molecule has 1 N–H and O–H groups in total. The van der Waals surface area contributed by atoms with Gasteiger partial charge >= 0.3 is 5.69 Å². The van der Waals surface area contributed by atoms with Gasteiger partial charge in [0, 0.05) is 23.5 Å². The van der Waals surface area contributed by atoms with Crippen LogP contribution in [-0.4, -0.2) is 13.0 Å². The lowest BCUT2D eigenvalue weighted by Gasteiger charge is -2.29. The van der Waals surface area contributed by atoms with Crippen LogP contribution in [0.1, 0.15) is 76.0 Å². The molecule has 198 valence electrons. The van der Waals surface area contributed by atoms with Crippen molar-refractivity contribution in [3.63, 3.8) is 0 Å². The van der Waals surface area contributed by atoms with Gasteiger partial charge in [-0.25, -0.2) is 8.42 Å². The third-order valence-corrected chi connectivity index (χ3v) is 7.25. The van der Waals surface area contributed by atoms with E-state index in [9.17, 15) is 13.0 Å². The first-order chi connectivity index (χ1) is 18.0. The fourth-order valence-electron chi connectivity index (χ4n) is 4.86. The minimum Gasteiger partial charge on any atom is -0.744 e. The van der Waals surface area contributed by atoms with Crippen molar-refractivity contribution in [2.24, 2.45) is 0 Å². The molecule has 38 heavy (non-hydrogen) atoms. The van der Waals surface area contributed by atoms with E-state index in [1.54, 1.807) is 24.3 Å². The molecule has 7 heteroatoms. The number of para-hydroxylation sites is 1. The van der Waals surface area contributed by atoms with Gasteiger partial charge in [-0.2, -0.15) is 0 Å². The van der Waals surface area contributed by atoms with Gasteiger partial charge in [0.1, 0.15) is 10.1 Å². The number of hydrogen-bond donors (Lipinski definition) is 1. The van der Waals surface area contributed by atoms with E-state index < -0.39 is 10.1 Å². The van der Waals surface area contributed by atoms with Gasteiger partial charge in [0.25, 0.3) is 0 Å². The molecule has 0 radical (unpaired) electrons. The van der Waals surface area contributed by atoms with E-state index in [1.165, 1.54) is 0 Å². The van der Waals surface area contributed by atoms with Crippen molar-refractivity contribution in [2.75, 3.05) is 5.32 Å². The summed E-state index contributed by atoms with van der Waals surface area (Å²) in [5, 5.41) is 13.2. The van der Waals surface area contributed by atoms with Crippen molar-refractivity contribution in [2.45, 2.75) is 64.2 Å². The molecule has 0 aliphatic carbocycles. The predicted molar refractivity (Wildman–Crippen MR) is 155 cm³/mol. The van der Waals surface area contributed by atoms with Crippen LogP contribution in [0.3, 0.4) is 0 Å². The van der Waals surface area contributed by atoms with Gasteiger partial charge < -0.3 is 9.87 Å². The molecule has 4 aromatic carbocycles. The Bertz CT molecular complexity index is 1540. The van der Waals surface area contributed by atoms with Crippen LogP contribution < -0.4 is 5.32 Å². The SMILES string of the molecule is CC(C)c1c(C(C)C)c(S(=O)(=O)[O-])c2ccccc2c1C(C)C.N#[N+]c1ccc(Nc2ccccc2)cc1. The molecule has 0 aromatic heterocycles. The molecule has 0 saturated carbocycles. The van der Waals surface area contributed by atoms with Crippen molar-refractivity contribution in [3.8, 4) is 0 Å². The number of hydrogen-bond acceptors (Lipinski definition) is 5. The highest BCUT2D eigenvalue weighted by molar-refractivity contribution is 7.86. The molecule has 0 aliphatic rings. The van der Waals surface area contributed by atoms with Crippen LogP contribution in [0.15, 0.2) is 83.8 Å². The van der Waals surface area contributed by atoms with Crippen LogP contribution in [0, 0.1) is 5.39 Å². The van der Waals surface area contributed by atoms with Crippen LogP contribution in [0.5, 0.6) is 0 Å². The number of benzene rings is 4. The number of anilines is 2. The molecular formula is C31H35N3O3S. The minimum atomic E-state index is -4.55. The maximum Gasteiger partial charge on any atom is 0.385 e. The molecule has 0 amide bonds. The van der Waals surface area contributed by atoms with Gasteiger partial charge in [0.15, 0.2) is 4.98 Å². The first kappa shape index (κ1) is 28.8. The van der Waals surface area contributed by atoms with E-state index in [0.29, 0.717) is 16.6 Å². The van der Waals surface area contributed by atoms with E-state index in [2.05, 4.69) is 38.0 Å². The van der Waals surface area contributed by atoms with Gasteiger partial charge in [-0.15, -0.1) is 0 Å². The van der Waals surface area contributed by atoms with Crippen LogP contribution in [-0.2, 0) is 10.1 Å². The third kappa shape index (κ3) is 6.58. The van der Waals surface area contributed by atoms with Crippen LogP contribution in [0.4, 0.5) is 17.1 Å². The Hall–Kier alpha value is -3.73. The number of nitrogens with one attached hydrogen (secondary N) is 1. The van der Waals surface area contributed by atoms with Gasteiger partial charge in [0.05, 0.1) is 4.90 Å². The number of fused-ring (bicyclic) bond motifs is 1. The molecule has 0 heterocycles. The summed E-state index contributed by atoms with van der Waals surface area (Å²) < 4.78 is 36.2. The first-order valence-electron chi connectivity index (χ1n) is 12.8. The predicted octanol–water partition coefficient (Wildman–Crippen LogP) is 9.03. The van der Waals surface area contributed by atoms with E-state index >= 15 is 0 Å². The first-order valence-corrected chi connectivity index (χ1v) is 14.2. The summed E-state index contributed by atoms with van der Waals surface area (Å²) in [7, 11) is -4.55. The number of nitrogens with zero attached hydrogens (tertiary/aromatic N) is 2. The largest absolute Gasteiger partial charge is 0.744 e. The Morgan fingerprint density at radius 2 is 1.13 bits per heavy atom. The summed E-state index contributed by atoms with van der Waals surface area (Å²) in [5.41, 5.74) is 5.42. The van der Waals surface area contributed by atoms with Gasteiger partial charge in [-0.05, 0) is 69.5 Å². The highest BCUT2D eigenvalue weighted by Crippen LogP contribution is 2.43. The smallest absolute Gasteiger partial charge is 0.385 e. The molecule has 0 aliphatic heterocycles. The fraction of sp³-hybridized carbons (Fsp3) is 0.290. The average molecular weight is 530 g/mol. The maximum absolute atomic E-state index is 12.1. The molecule has 4 aromatic rings. The van der Waals surface area contributed by atoms with Gasteiger partial charge in [-0.1, -0.05) is 84.0 Å². The summed E-state index contributed by atoms with van der Waals surface area (Å²) in [4.78, 5) is 3.06. The zero-order valence-corrected chi connectivity index (χ0v) is 23.6. The molecular weight excluding hydrogens is 494 g/mol. The summed E-state index contributed by atoms with van der Waals surface area (Å²) >= 11 is 0. The minimum absolute atomic E-state index is 0.0313. The van der Waals surface area contributed by atoms with Crippen molar-refractivity contribution in [1.29, 1.82) is 5.39 Å². The normalized spacial score (nSPS) is 11.4. The van der Waals surface area contributed by atoms with E-state index in [0.717, 1.165) is 27.9 Å². The highest BCUT2D eigenvalue weighted by Gasteiger charge is 2.26. The molecule has 0 fully saturated rings. The second-order valence-corrected chi connectivity index (χ2v) is 11.5. The second kappa shape index (κ2) is 12.2. The molecule has 0 saturated heterocycles. The van der Waals surface area contributed by atoms with Crippen molar-refractivity contribution in [3.05, 3.63) is 101 Å². The van der Waals surface area contributed by atoms with Crippen LogP contribution in [0.2, 0.25) is 0 Å². The third-order valence-electron chi connectivity index (χ3n) is 6.31. The summed E-state index contributed by atoms with van der Waals surface area (Å²) in [6, 6.07) is 24.5. The summed E-state index contributed by atoms with van der Waals surface area (Å²) in [5.74, 6) is 0.362. The highest BCUT2D eigenvalue weighted by atomic mass is 32.2. The monoisotopic (exact) mass is 529 g/mol. The molecule has 6 nitrogen and oxygen atoms in total. The van der Waals surface area contributed by atoms with E-state index in [-0.39, 0.29) is 22.6 Å². The Morgan fingerprint density at radius 1 is 0.658 bits per heavy atom. The molecule has 0 bridgehead atoms. The number of diazo groups is 1.